The Morgan fingerprint density at radius 3 is 2.48 bits per heavy atom. The highest BCUT2D eigenvalue weighted by Gasteiger charge is 2.27. The Morgan fingerprint density at radius 2 is 1.86 bits per heavy atom. The molecule has 0 saturated carbocycles. The summed E-state index contributed by atoms with van der Waals surface area (Å²) in [5.74, 6) is -0.848. The van der Waals surface area contributed by atoms with Crippen LogP contribution in [-0.2, 0) is 4.79 Å². The van der Waals surface area contributed by atoms with Gasteiger partial charge in [0.05, 0.1) is 0 Å². The number of urea groups is 1. The molecular formula is C22H25F2N3O2. The molecule has 1 N–H and O–H groups in total. The van der Waals surface area contributed by atoms with Crippen LogP contribution in [0.25, 0.3) is 11.1 Å². The first kappa shape index (κ1) is 20.8. The molecule has 29 heavy (non-hydrogen) atoms. The molecular weight excluding hydrogens is 376 g/mol. The van der Waals surface area contributed by atoms with E-state index in [0.29, 0.717) is 43.6 Å². The lowest BCUT2D eigenvalue weighted by Gasteiger charge is -2.36. The number of halogens is 2. The topological polar surface area (TPSA) is 52.7 Å². The number of anilines is 1. The highest BCUT2D eigenvalue weighted by atomic mass is 19.1. The summed E-state index contributed by atoms with van der Waals surface area (Å²) in [6, 6.07) is 9.75. The minimum Gasteiger partial charge on any atom is -0.343 e. The Bertz CT molecular complexity index is 895. The zero-order valence-electron chi connectivity index (χ0n) is 16.6. The van der Waals surface area contributed by atoms with Gasteiger partial charge < -0.3 is 15.1 Å². The smallest absolute Gasteiger partial charge is 0.321 e. The SMILES string of the molecule is CCC(=O)N1CCC(N(C)C(=O)Nc2ccc(-c3cccc(F)c3)c(F)c2)CC1. The van der Waals surface area contributed by atoms with Gasteiger partial charge in [-0.15, -0.1) is 0 Å². The van der Waals surface area contributed by atoms with E-state index in [0.717, 1.165) is 0 Å². The molecule has 0 spiro atoms. The maximum absolute atomic E-state index is 14.5. The fourth-order valence-electron chi connectivity index (χ4n) is 3.59. The molecule has 1 fully saturated rings. The Balaban J connectivity index is 1.62. The maximum Gasteiger partial charge on any atom is 0.321 e. The van der Waals surface area contributed by atoms with Gasteiger partial charge in [0.25, 0.3) is 0 Å². The number of benzene rings is 2. The fraction of sp³-hybridized carbons (Fsp3) is 0.364. The van der Waals surface area contributed by atoms with Crippen molar-refractivity contribution >= 4 is 17.6 Å². The molecule has 2 aromatic rings. The first-order valence-electron chi connectivity index (χ1n) is 9.76. The van der Waals surface area contributed by atoms with Crippen LogP contribution in [0.5, 0.6) is 0 Å². The summed E-state index contributed by atoms with van der Waals surface area (Å²) in [5.41, 5.74) is 1.03. The largest absolute Gasteiger partial charge is 0.343 e. The van der Waals surface area contributed by atoms with Crippen LogP contribution in [0.1, 0.15) is 26.2 Å². The van der Waals surface area contributed by atoms with Crippen molar-refractivity contribution in [1.29, 1.82) is 0 Å². The van der Waals surface area contributed by atoms with Crippen LogP contribution in [0.15, 0.2) is 42.5 Å². The number of likely N-dealkylation sites (tertiary alicyclic amines) is 1. The Kier molecular flexibility index (Phi) is 6.46. The predicted molar refractivity (Wildman–Crippen MR) is 108 cm³/mol. The molecule has 154 valence electrons. The summed E-state index contributed by atoms with van der Waals surface area (Å²) in [6.07, 6.45) is 1.91. The molecule has 2 aromatic carbocycles. The van der Waals surface area contributed by atoms with Gasteiger partial charge in [-0.1, -0.05) is 19.1 Å². The van der Waals surface area contributed by atoms with Gasteiger partial charge >= 0.3 is 6.03 Å². The van der Waals surface area contributed by atoms with Gasteiger partial charge in [-0.25, -0.2) is 13.6 Å². The Hall–Kier alpha value is -2.96. The number of nitrogens with zero attached hydrogens (tertiary/aromatic N) is 2. The normalized spacial score (nSPS) is 14.6. The second-order valence-electron chi connectivity index (χ2n) is 7.21. The van der Waals surface area contributed by atoms with Gasteiger partial charge in [0.2, 0.25) is 5.91 Å². The summed E-state index contributed by atoms with van der Waals surface area (Å²) in [6.45, 7) is 3.10. The quantitative estimate of drug-likeness (QED) is 0.820. The lowest BCUT2D eigenvalue weighted by atomic mass is 10.0. The average molecular weight is 401 g/mol. The minimum atomic E-state index is -0.539. The number of hydrogen-bond donors (Lipinski definition) is 1. The van der Waals surface area contributed by atoms with Crippen LogP contribution in [0.3, 0.4) is 0 Å². The second kappa shape index (κ2) is 9.03. The molecule has 0 atom stereocenters. The maximum atomic E-state index is 14.5. The van der Waals surface area contributed by atoms with Crippen molar-refractivity contribution in [3.8, 4) is 11.1 Å². The van der Waals surface area contributed by atoms with Gasteiger partial charge in [-0.2, -0.15) is 0 Å². The number of nitrogens with one attached hydrogen (secondary N) is 1. The Morgan fingerprint density at radius 1 is 1.14 bits per heavy atom. The van der Waals surface area contributed by atoms with Crippen molar-refractivity contribution in [2.75, 3.05) is 25.5 Å². The molecule has 3 amide bonds. The van der Waals surface area contributed by atoms with Gasteiger partial charge in [0.1, 0.15) is 11.6 Å². The summed E-state index contributed by atoms with van der Waals surface area (Å²) >= 11 is 0. The van der Waals surface area contributed by atoms with Gasteiger partial charge in [-0.05, 0) is 48.7 Å². The summed E-state index contributed by atoms with van der Waals surface area (Å²) in [5, 5.41) is 2.71. The highest BCUT2D eigenvalue weighted by molar-refractivity contribution is 5.89. The summed E-state index contributed by atoms with van der Waals surface area (Å²) in [4.78, 5) is 27.8. The van der Waals surface area contributed by atoms with Crippen LogP contribution < -0.4 is 5.32 Å². The van der Waals surface area contributed by atoms with Crippen molar-refractivity contribution in [1.82, 2.24) is 9.80 Å². The number of piperidine rings is 1. The number of carbonyl (C=O) groups is 2. The molecule has 0 aromatic heterocycles. The molecule has 1 aliphatic rings. The average Bonchev–Trinajstić information content (AvgIpc) is 2.72. The van der Waals surface area contributed by atoms with E-state index < -0.39 is 11.6 Å². The van der Waals surface area contributed by atoms with Gasteiger partial charge in [0, 0.05) is 43.9 Å². The van der Waals surface area contributed by atoms with Crippen molar-refractivity contribution in [3.63, 3.8) is 0 Å². The van der Waals surface area contributed by atoms with E-state index in [9.17, 15) is 18.4 Å². The van der Waals surface area contributed by atoms with E-state index in [2.05, 4.69) is 5.32 Å². The first-order valence-corrected chi connectivity index (χ1v) is 9.76. The van der Waals surface area contributed by atoms with E-state index >= 15 is 0 Å². The van der Waals surface area contributed by atoms with E-state index in [1.165, 1.54) is 30.3 Å². The van der Waals surface area contributed by atoms with Crippen molar-refractivity contribution < 1.29 is 18.4 Å². The number of carbonyl (C=O) groups excluding carboxylic acids is 2. The molecule has 0 bridgehead atoms. The van der Waals surface area contributed by atoms with Crippen LogP contribution in [0, 0.1) is 11.6 Å². The van der Waals surface area contributed by atoms with Crippen molar-refractivity contribution in [3.05, 3.63) is 54.1 Å². The first-order chi connectivity index (χ1) is 13.9. The van der Waals surface area contributed by atoms with E-state index in [1.54, 1.807) is 24.1 Å². The molecule has 1 aliphatic heterocycles. The van der Waals surface area contributed by atoms with Crippen LogP contribution >= 0.6 is 0 Å². The molecule has 0 unspecified atom stereocenters. The van der Waals surface area contributed by atoms with Crippen molar-refractivity contribution in [2.45, 2.75) is 32.2 Å². The molecule has 1 saturated heterocycles. The fourth-order valence-corrected chi connectivity index (χ4v) is 3.59. The summed E-state index contributed by atoms with van der Waals surface area (Å²) < 4.78 is 27.9. The zero-order chi connectivity index (χ0) is 21.0. The van der Waals surface area contributed by atoms with Crippen LogP contribution in [-0.4, -0.2) is 47.9 Å². The van der Waals surface area contributed by atoms with E-state index in [1.807, 2.05) is 11.8 Å². The predicted octanol–water partition coefficient (Wildman–Crippen LogP) is 4.50. The monoisotopic (exact) mass is 401 g/mol. The number of amides is 3. The minimum absolute atomic E-state index is 0.0207. The third-order valence-electron chi connectivity index (χ3n) is 5.34. The molecule has 7 heteroatoms. The molecule has 0 aliphatic carbocycles. The third-order valence-corrected chi connectivity index (χ3v) is 5.34. The highest BCUT2D eigenvalue weighted by Crippen LogP contribution is 2.26. The molecule has 3 rings (SSSR count). The summed E-state index contributed by atoms with van der Waals surface area (Å²) in [7, 11) is 1.70. The molecule has 0 radical (unpaired) electrons. The standard InChI is InChI=1S/C22H25F2N3O2/c1-3-21(28)27-11-9-18(10-12-27)26(2)22(29)25-17-7-8-19(20(24)14-17)15-5-4-6-16(23)13-15/h4-8,13-14,18H,3,9-12H2,1-2H3,(H,25,29). The Labute approximate surface area is 169 Å². The molecule has 1 heterocycles. The lowest BCUT2D eigenvalue weighted by molar-refractivity contribution is -0.132. The lowest BCUT2D eigenvalue weighted by Crippen LogP contribution is -2.48. The van der Waals surface area contributed by atoms with Crippen LogP contribution in [0.4, 0.5) is 19.3 Å². The van der Waals surface area contributed by atoms with Gasteiger partial charge in [-0.3, -0.25) is 4.79 Å². The van der Waals surface area contributed by atoms with Crippen molar-refractivity contribution in [2.24, 2.45) is 0 Å². The van der Waals surface area contributed by atoms with Crippen LogP contribution in [0.2, 0.25) is 0 Å². The molecule has 5 nitrogen and oxygen atoms in total. The van der Waals surface area contributed by atoms with E-state index in [4.69, 9.17) is 0 Å². The van der Waals surface area contributed by atoms with Gasteiger partial charge in [0.15, 0.2) is 0 Å². The third kappa shape index (κ3) is 4.91. The second-order valence-corrected chi connectivity index (χ2v) is 7.21. The van der Waals surface area contributed by atoms with E-state index in [-0.39, 0.29) is 23.5 Å². The zero-order valence-corrected chi connectivity index (χ0v) is 16.6. The number of hydrogen-bond acceptors (Lipinski definition) is 2. The number of rotatable bonds is 4.